The van der Waals surface area contributed by atoms with Crippen molar-refractivity contribution in [1.29, 1.82) is 0 Å². The summed E-state index contributed by atoms with van der Waals surface area (Å²) in [6.45, 7) is 0. The number of rotatable bonds is 1. The Hall–Kier alpha value is -0.440. The van der Waals surface area contributed by atoms with Crippen molar-refractivity contribution in [2.24, 2.45) is 0 Å². The lowest BCUT2D eigenvalue weighted by Gasteiger charge is -2.11. The molecule has 0 aromatic heterocycles. The molecule has 2 nitrogen and oxygen atoms in total. The fraction of sp³-hybridized carbons (Fsp3) is 0.571. The third-order valence-corrected chi connectivity index (χ3v) is 1.67. The second-order valence-corrected chi connectivity index (χ2v) is 2.81. The molecule has 0 aromatic carbocycles. The molecule has 0 aliphatic heterocycles. The minimum absolute atomic E-state index is 0.256. The standard InChI is InChI=1S/C7H11NOS/c9-7(10)8-6-4-2-1-3-5-6/h4H,1-3,5H2,(H2,8,9,10). The summed E-state index contributed by atoms with van der Waals surface area (Å²) in [7, 11) is 0. The second-order valence-electron chi connectivity index (χ2n) is 2.41. The van der Waals surface area contributed by atoms with Gasteiger partial charge in [0, 0.05) is 5.70 Å². The third kappa shape index (κ3) is 2.43. The molecule has 0 saturated carbocycles. The molecule has 0 spiro atoms. The van der Waals surface area contributed by atoms with E-state index in [0.717, 1.165) is 18.5 Å². The smallest absolute Gasteiger partial charge is 0.280 e. The van der Waals surface area contributed by atoms with Crippen molar-refractivity contribution < 1.29 is 4.79 Å². The largest absolute Gasteiger partial charge is 0.321 e. The molecule has 0 saturated heterocycles. The number of amides is 1. The van der Waals surface area contributed by atoms with Crippen LogP contribution in [0, 0.1) is 0 Å². The van der Waals surface area contributed by atoms with Gasteiger partial charge in [0.2, 0.25) is 0 Å². The number of hydrogen-bond acceptors (Lipinski definition) is 1. The molecular formula is C7H11NOS. The van der Waals surface area contributed by atoms with Crippen LogP contribution >= 0.6 is 12.6 Å². The molecule has 0 unspecified atom stereocenters. The average molecular weight is 157 g/mol. The molecule has 0 atom stereocenters. The normalized spacial score (nSPS) is 17.9. The highest BCUT2D eigenvalue weighted by Crippen LogP contribution is 2.14. The molecule has 0 radical (unpaired) electrons. The van der Waals surface area contributed by atoms with Crippen LogP contribution in [0.15, 0.2) is 11.8 Å². The van der Waals surface area contributed by atoms with Crippen molar-refractivity contribution in [3.8, 4) is 0 Å². The Bertz CT molecular complexity index is 165. The van der Waals surface area contributed by atoms with Crippen LogP contribution in [-0.4, -0.2) is 5.24 Å². The van der Waals surface area contributed by atoms with Crippen LogP contribution in [0.5, 0.6) is 0 Å². The number of hydrogen-bond donors (Lipinski definition) is 2. The lowest BCUT2D eigenvalue weighted by Crippen LogP contribution is -2.17. The summed E-state index contributed by atoms with van der Waals surface area (Å²) >= 11 is 3.62. The molecular weight excluding hydrogens is 146 g/mol. The first-order valence-electron chi connectivity index (χ1n) is 3.48. The molecule has 1 N–H and O–H groups in total. The summed E-state index contributed by atoms with van der Waals surface area (Å²) in [6.07, 6.45) is 6.57. The van der Waals surface area contributed by atoms with Crippen LogP contribution in [0.3, 0.4) is 0 Å². The maximum atomic E-state index is 10.4. The molecule has 1 aliphatic carbocycles. The molecule has 1 rings (SSSR count). The Morgan fingerprint density at radius 1 is 1.60 bits per heavy atom. The van der Waals surface area contributed by atoms with Gasteiger partial charge in [-0.3, -0.25) is 4.79 Å². The zero-order valence-electron chi connectivity index (χ0n) is 5.76. The Labute approximate surface area is 66.1 Å². The number of allylic oxidation sites excluding steroid dienone is 2. The number of thiol groups is 1. The van der Waals surface area contributed by atoms with Crippen molar-refractivity contribution in [3.05, 3.63) is 11.8 Å². The molecule has 1 amide bonds. The van der Waals surface area contributed by atoms with E-state index in [1.165, 1.54) is 12.8 Å². The lowest BCUT2D eigenvalue weighted by molar-refractivity contribution is 0.262. The van der Waals surface area contributed by atoms with E-state index < -0.39 is 0 Å². The summed E-state index contributed by atoms with van der Waals surface area (Å²) in [5.41, 5.74) is 1.03. The molecule has 0 bridgehead atoms. The predicted molar refractivity (Wildman–Crippen MR) is 44.1 cm³/mol. The average Bonchev–Trinajstić information content (AvgIpc) is 1.88. The highest BCUT2D eigenvalue weighted by atomic mass is 32.1. The van der Waals surface area contributed by atoms with Gasteiger partial charge >= 0.3 is 0 Å². The van der Waals surface area contributed by atoms with Gasteiger partial charge in [-0.05, 0) is 25.7 Å². The molecule has 56 valence electrons. The molecule has 10 heavy (non-hydrogen) atoms. The fourth-order valence-electron chi connectivity index (χ4n) is 1.09. The first-order valence-corrected chi connectivity index (χ1v) is 3.93. The van der Waals surface area contributed by atoms with Gasteiger partial charge in [0.15, 0.2) is 0 Å². The predicted octanol–water partition coefficient (Wildman–Crippen LogP) is 2.08. The topological polar surface area (TPSA) is 29.1 Å². The van der Waals surface area contributed by atoms with E-state index in [0.29, 0.717) is 0 Å². The van der Waals surface area contributed by atoms with Gasteiger partial charge in [-0.15, -0.1) is 0 Å². The molecule has 0 aromatic rings. The van der Waals surface area contributed by atoms with Crippen LogP contribution in [-0.2, 0) is 0 Å². The van der Waals surface area contributed by atoms with Gasteiger partial charge in [0.1, 0.15) is 0 Å². The minimum atomic E-state index is -0.256. The van der Waals surface area contributed by atoms with Crippen molar-refractivity contribution in [1.82, 2.24) is 5.32 Å². The van der Waals surface area contributed by atoms with E-state index in [4.69, 9.17) is 0 Å². The SMILES string of the molecule is O=C(S)NC1=CCCCC1. The quantitative estimate of drug-likeness (QED) is 0.561. The molecule has 0 heterocycles. The van der Waals surface area contributed by atoms with Gasteiger partial charge in [0.05, 0.1) is 0 Å². The van der Waals surface area contributed by atoms with Gasteiger partial charge in [-0.25, -0.2) is 0 Å². The summed E-state index contributed by atoms with van der Waals surface area (Å²) < 4.78 is 0. The number of carbonyl (C=O) groups is 1. The van der Waals surface area contributed by atoms with Gasteiger partial charge in [-0.2, -0.15) is 0 Å². The maximum Gasteiger partial charge on any atom is 0.280 e. The minimum Gasteiger partial charge on any atom is -0.321 e. The summed E-state index contributed by atoms with van der Waals surface area (Å²) in [5, 5.41) is 2.41. The Kier molecular flexibility index (Phi) is 2.81. The summed E-state index contributed by atoms with van der Waals surface area (Å²) in [5.74, 6) is 0. The lowest BCUT2D eigenvalue weighted by atomic mass is 10.1. The Morgan fingerprint density at radius 3 is 2.90 bits per heavy atom. The third-order valence-electron chi connectivity index (χ3n) is 1.56. The maximum absolute atomic E-state index is 10.4. The fourth-order valence-corrected chi connectivity index (χ4v) is 1.23. The van der Waals surface area contributed by atoms with Crippen LogP contribution in [0.2, 0.25) is 0 Å². The zero-order chi connectivity index (χ0) is 7.40. The van der Waals surface area contributed by atoms with Crippen molar-refractivity contribution >= 4 is 17.9 Å². The monoisotopic (exact) mass is 157 g/mol. The molecule has 3 heteroatoms. The molecule has 1 aliphatic rings. The Balaban J connectivity index is 2.38. The highest BCUT2D eigenvalue weighted by molar-refractivity contribution is 7.96. The van der Waals surface area contributed by atoms with E-state index >= 15 is 0 Å². The van der Waals surface area contributed by atoms with E-state index in [2.05, 4.69) is 24.0 Å². The highest BCUT2D eigenvalue weighted by Gasteiger charge is 2.03. The van der Waals surface area contributed by atoms with E-state index in [9.17, 15) is 4.79 Å². The first-order chi connectivity index (χ1) is 4.79. The molecule has 0 fully saturated rings. The zero-order valence-corrected chi connectivity index (χ0v) is 6.66. The van der Waals surface area contributed by atoms with Crippen molar-refractivity contribution in [3.63, 3.8) is 0 Å². The van der Waals surface area contributed by atoms with E-state index in [1.54, 1.807) is 0 Å². The Morgan fingerprint density at radius 2 is 2.40 bits per heavy atom. The summed E-state index contributed by atoms with van der Waals surface area (Å²) in [6, 6.07) is 0. The van der Waals surface area contributed by atoms with E-state index in [-0.39, 0.29) is 5.24 Å². The van der Waals surface area contributed by atoms with Crippen LogP contribution in [0.25, 0.3) is 0 Å². The number of carbonyl (C=O) groups excluding carboxylic acids is 1. The van der Waals surface area contributed by atoms with Crippen LogP contribution in [0.4, 0.5) is 4.79 Å². The van der Waals surface area contributed by atoms with Crippen molar-refractivity contribution in [2.75, 3.05) is 0 Å². The van der Waals surface area contributed by atoms with Gasteiger partial charge in [0.25, 0.3) is 5.24 Å². The van der Waals surface area contributed by atoms with E-state index in [1.807, 2.05) is 0 Å². The van der Waals surface area contributed by atoms with Crippen molar-refractivity contribution in [2.45, 2.75) is 25.7 Å². The van der Waals surface area contributed by atoms with Gasteiger partial charge in [-0.1, -0.05) is 18.7 Å². The van der Waals surface area contributed by atoms with Crippen LogP contribution < -0.4 is 5.32 Å². The van der Waals surface area contributed by atoms with Crippen LogP contribution in [0.1, 0.15) is 25.7 Å². The van der Waals surface area contributed by atoms with Gasteiger partial charge < -0.3 is 5.32 Å². The second kappa shape index (κ2) is 3.66. The summed E-state index contributed by atoms with van der Waals surface area (Å²) in [4.78, 5) is 10.4. The first kappa shape index (κ1) is 7.66. The number of nitrogens with one attached hydrogen (secondary N) is 1.